The zero-order valence-electron chi connectivity index (χ0n) is 19.5. The Balaban J connectivity index is 1.29. The van der Waals surface area contributed by atoms with E-state index < -0.39 is 0 Å². The highest BCUT2D eigenvalue weighted by Gasteiger charge is 2.35. The van der Waals surface area contributed by atoms with E-state index in [1.54, 1.807) is 0 Å². The maximum atomic E-state index is 12.7. The van der Waals surface area contributed by atoms with Crippen LogP contribution in [0.5, 0.6) is 5.75 Å². The van der Waals surface area contributed by atoms with E-state index in [1.807, 2.05) is 30.5 Å². The van der Waals surface area contributed by atoms with Crippen molar-refractivity contribution in [2.45, 2.75) is 39.7 Å². The molecule has 1 aromatic heterocycles. The van der Waals surface area contributed by atoms with Crippen LogP contribution in [-0.4, -0.2) is 36.6 Å². The van der Waals surface area contributed by atoms with Gasteiger partial charge in [-0.1, -0.05) is 19.1 Å². The number of amides is 2. The van der Waals surface area contributed by atoms with Crippen molar-refractivity contribution in [3.63, 3.8) is 0 Å². The number of nitrogens with one attached hydrogen (secondary N) is 3. The summed E-state index contributed by atoms with van der Waals surface area (Å²) in [6, 6.07) is 13.9. The predicted octanol–water partition coefficient (Wildman–Crippen LogP) is 4.54. The summed E-state index contributed by atoms with van der Waals surface area (Å²) in [6.45, 7) is 8.91. The van der Waals surface area contributed by atoms with Crippen LogP contribution in [0.15, 0.2) is 48.7 Å². The normalized spacial score (nSPS) is 17.4. The Labute approximate surface area is 194 Å². The van der Waals surface area contributed by atoms with E-state index in [-0.39, 0.29) is 23.8 Å². The third-order valence-electron chi connectivity index (χ3n) is 6.54. The zero-order valence-corrected chi connectivity index (χ0v) is 19.5. The Hall–Kier alpha value is -3.48. The Morgan fingerprint density at radius 1 is 1.09 bits per heavy atom. The molecule has 1 aliphatic heterocycles. The van der Waals surface area contributed by atoms with Crippen molar-refractivity contribution in [2.24, 2.45) is 5.92 Å². The van der Waals surface area contributed by atoms with Gasteiger partial charge in [0.05, 0.1) is 5.92 Å². The second-order valence-electron chi connectivity index (χ2n) is 8.51. The topological polar surface area (TPSA) is 86.5 Å². The molecular weight excluding hydrogens is 416 g/mol. The van der Waals surface area contributed by atoms with Gasteiger partial charge in [0.2, 0.25) is 0 Å². The van der Waals surface area contributed by atoms with Crippen LogP contribution in [0.2, 0.25) is 0 Å². The molecule has 1 aliphatic rings. The molecule has 2 atom stereocenters. The van der Waals surface area contributed by atoms with Crippen molar-refractivity contribution in [2.75, 3.05) is 24.5 Å². The molecule has 0 radical (unpaired) electrons. The minimum absolute atomic E-state index is 0.0324. The number of fused-ring (bicyclic) bond motifs is 2. The SMILES string of the molecule is CCN(CC)c1ccc2c(c1)OC(=O)C(CCNC(=O)NCc1ccc3[nH]ccc3c1)C2C. The molecule has 33 heavy (non-hydrogen) atoms. The number of aromatic amines is 1. The van der Waals surface area contributed by atoms with E-state index in [0.717, 1.165) is 40.8 Å². The number of H-pyrrole nitrogens is 1. The molecule has 0 saturated carbocycles. The molecule has 3 N–H and O–H groups in total. The lowest BCUT2D eigenvalue weighted by Crippen LogP contribution is -2.38. The Morgan fingerprint density at radius 3 is 2.70 bits per heavy atom. The Bertz CT molecular complexity index is 1140. The first-order valence-corrected chi connectivity index (χ1v) is 11.7. The van der Waals surface area contributed by atoms with Gasteiger partial charge in [0.1, 0.15) is 5.75 Å². The van der Waals surface area contributed by atoms with E-state index in [4.69, 9.17) is 4.74 Å². The summed E-state index contributed by atoms with van der Waals surface area (Å²) in [5, 5.41) is 6.86. The number of rotatable bonds is 8. The van der Waals surface area contributed by atoms with Gasteiger partial charge in [0.15, 0.2) is 0 Å². The lowest BCUT2D eigenvalue weighted by Gasteiger charge is -2.31. The number of aromatic nitrogens is 1. The number of urea groups is 1. The molecular formula is C26H32N4O3. The summed E-state index contributed by atoms with van der Waals surface area (Å²) in [4.78, 5) is 30.3. The lowest BCUT2D eigenvalue weighted by molar-refractivity contribution is -0.141. The van der Waals surface area contributed by atoms with Gasteiger partial charge in [-0.2, -0.15) is 0 Å². The fourth-order valence-corrected chi connectivity index (χ4v) is 4.54. The van der Waals surface area contributed by atoms with Gasteiger partial charge < -0.3 is 25.3 Å². The van der Waals surface area contributed by atoms with Gasteiger partial charge in [0, 0.05) is 49.6 Å². The van der Waals surface area contributed by atoms with Crippen LogP contribution in [0.4, 0.5) is 10.5 Å². The van der Waals surface area contributed by atoms with Crippen LogP contribution in [-0.2, 0) is 11.3 Å². The number of nitrogens with zero attached hydrogens (tertiary/aromatic N) is 1. The fourth-order valence-electron chi connectivity index (χ4n) is 4.54. The van der Waals surface area contributed by atoms with Crippen LogP contribution >= 0.6 is 0 Å². The average Bonchev–Trinajstić information content (AvgIpc) is 3.28. The first kappa shape index (κ1) is 22.7. The molecule has 2 aromatic carbocycles. The van der Waals surface area contributed by atoms with Crippen LogP contribution < -0.4 is 20.3 Å². The minimum atomic E-state index is -0.284. The third-order valence-corrected chi connectivity index (χ3v) is 6.54. The van der Waals surface area contributed by atoms with E-state index in [0.29, 0.717) is 25.3 Å². The van der Waals surface area contributed by atoms with Gasteiger partial charge in [-0.05, 0) is 67.0 Å². The predicted molar refractivity (Wildman–Crippen MR) is 131 cm³/mol. The van der Waals surface area contributed by atoms with E-state index in [9.17, 15) is 9.59 Å². The number of hydrogen-bond donors (Lipinski definition) is 3. The number of esters is 1. The summed E-state index contributed by atoms with van der Waals surface area (Å²) in [7, 11) is 0. The molecule has 0 bridgehead atoms. The van der Waals surface area contributed by atoms with E-state index >= 15 is 0 Å². The van der Waals surface area contributed by atoms with Crippen molar-refractivity contribution in [3.8, 4) is 5.75 Å². The van der Waals surface area contributed by atoms with Gasteiger partial charge >= 0.3 is 12.0 Å². The van der Waals surface area contributed by atoms with Crippen molar-refractivity contribution in [1.29, 1.82) is 0 Å². The number of ether oxygens (including phenoxy) is 1. The fraction of sp³-hybridized carbons (Fsp3) is 0.385. The summed E-state index contributed by atoms with van der Waals surface area (Å²) in [6.07, 6.45) is 2.42. The lowest BCUT2D eigenvalue weighted by atomic mass is 9.83. The standard InChI is InChI=1S/C26H32N4O3/c1-4-30(5-2)20-7-8-21-17(3)22(25(31)33-24(21)15-20)11-13-28-26(32)29-16-18-6-9-23-19(14-18)10-12-27-23/h6-10,12,14-15,17,22,27H,4-5,11,13,16H2,1-3H3,(H2,28,29,32). The number of carbonyl (C=O) groups is 2. The Morgan fingerprint density at radius 2 is 1.91 bits per heavy atom. The largest absolute Gasteiger partial charge is 0.426 e. The highest BCUT2D eigenvalue weighted by Crippen LogP contribution is 2.40. The average molecular weight is 449 g/mol. The first-order valence-electron chi connectivity index (χ1n) is 11.7. The quantitative estimate of drug-likeness (QED) is 0.349. The molecule has 7 heteroatoms. The first-order chi connectivity index (χ1) is 16.0. The molecule has 2 amide bonds. The maximum absolute atomic E-state index is 12.7. The van der Waals surface area contributed by atoms with Crippen LogP contribution in [0, 0.1) is 5.92 Å². The molecule has 2 unspecified atom stereocenters. The second kappa shape index (κ2) is 9.98. The number of carbonyl (C=O) groups excluding carboxylic acids is 2. The molecule has 0 aliphatic carbocycles. The zero-order chi connectivity index (χ0) is 23.4. The molecule has 4 rings (SSSR count). The summed E-state index contributed by atoms with van der Waals surface area (Å²) in [5.74, 6) is 0.171. The van der Waals surface area contributed by atoms with Crippen LogP contribution in [0.25, 0.3) is 10.9 Å². The maximum Gasteiger partial charge on any atom is 0.315 e. The minimum Gasteiger partial charge on any atom is -0.426 e. The van der Waals surface area contributed by atoms with Gasteiger partial charge in [0.25, 0.3) is 0 Å². The summed E-state index contributed by atoms with van der Waals surface area (Å²) >= 11 is 0. The summed E-state index contributed by atoms with van der Waals surface area (Å²) < 4.78 is 5.69. The molecule has 7 nitrogen and oxygen atoms in total. The van der Waals surface area contributed by atoms with Gasteiger partial charge in [-0.15, -0.1) is 0 Å². The number of hydrogen-bond acceptors (Lipinski definition) is 4. The van der Waals surface area contributed by atoms with E-state index in [1.165, 1.54) is 0 Å². The van der Waals surface area contributed by atoms with Crippen molar-refractivity contribution < 1.29 is 14.3 Å². The Kier molecular flexibility index (Phi) is 6.87. The van der Waals surface area contributed by atoms with Gasteiger partial charge in [-0.25, -0.2) is 4.79 Å². The highest BCUT2D eigenvalue weighted by atomic mass is 16.5. The van der Waals surface area contributed by atoms with Crippen LogP contribution in [0.3, 0.4) is 0 Å². The molecule has 0 saturated heterocycles. The van der Waals surface area contributed by atoms with Crippen molar-refractivity contribution in [1.82, 2.24) is 15.6 Å². The molecule has 3 aromatic rings. The van der Waals surface area contributed by atoms with E-state index in [2.05, 4.69) is 59.5 Å². The third kappa shape index (κ3) is 4.97. The van der Waals surface area contributed by atoms with Gasteiger partial charge in [-0.3, -0.25) is 4.79 Å². The van der Waals surface area contributed by atoms with Crippen molar-refractivity contribution in [3.05, 3.63) is 59.8 Å². The monoisotopic (exact) mass is 448 g/mol. The summed E-state index contributed by atoms with van der Waals surface area (Å²) in [5.41, 5.74) is 4.20. The van der Waals surface area contributed by atoms with Crippen LogP contribution in [0.1, 0.15) is 44.2 Å². The molecule has 2 heterocycles. The number of benzene rings is 2. The van der Waals surface area contributed by atoms with Crippen molar-refractivity contribution >= 4 is 28.6 Å². The highest BCUT2D eigenvalue weighted by molar-refractivity contribution is 5.81. The second-order valence-corrected chi connectivity index (χ2v) is 8.51. The smallest absolute Gasteiger partial charge is 0.315 e. The molecule has 0 fully saturated rings. The molecule has 174 valence electrons. The number of anilines is 1. The molecule has 0 spiro atoms.